The third-order valence-electron chi connectivity index (χ3n) is 3.63. The molecule has 0 radical (unpaired) electrons. The maximum atomic E-state index is 12.6. The number of aryl methyl sites for hydroxylation is 1. The van der Waals surface area contributed by atoms with Crippen molar-refractivity contribution >= 4 is 5.91 Å². The maximum absolute atomic E-state index is 12.6. The lowest BCUT2D eigenvalue weighted by Crippen LogP contribution is -2.37. The quantitative estimate of drug-likeness (QED) is 0.788. The van der Waals surface area contributed by atoms with Crippen LogP contribution in [0.1, 0.15) is 34.3 Å². The van der Waals surface area contributed by atoms with Gasteiger partial charge in [0.05, 0.1) is 12.6 Å². The van der Waals surface area contributed by atoms with Crippen molar-refractivity contribution in [3.05, 3.63) is 34.9 Å². The number of aliphatic hydroxyl groups is 2. The molecule has 1 fully saturated rings. The summed E-state index contributed by atoms with van der Waals surface area (Å²) < 4.78 is 0. The Bertz CT molecular complexity index is 557. The molecule has 106 valence electrons. The summed E-state index contributed by atoms with van der Waals surface area (Å²) in [7, 11) is 0. The van der Waals surface area contributed by atoms with Crippen molar-refractivity contribution in [3.8, 4) is 11.8 Å². The number of carbonyl (C=O) groups excluding carboxylic acids is 1. The van der Waals surface area contributed by atoms with Gasteiger partial charge in [0, 0.05) is 17.7 Å². The summed E-state index contributed by atoms with van der Waals surface area (Å²) in [6.45, 7) is 2.39. The van der Waals surface area contributed by atoms with E-state index >= 15 is 0 Å². The Hall–Kier alpha value is -1.83. The van der Waals surface area contributed by atoms with E-state index in [0.717, 1.165) is 18.4 Å². The number of nitrogens with zero attached hydrogens (tertiary/aromatic N) is 1. The molecule has 1 unspecified atom stereocenters. The van der Waals surface area contributed by atoms with E-state index in [2.05, 4.69) is 11.8 Å². The average molecular weight is 273 g/mol. The van der Waals surface area contributed by atoms with E-state index in [1.165, 1.54) is 0 Å². The number of rotatable bonds is 2. The maximum Gasteiger partial charge on any atom is 0.254 e. The van der Waals surface area contributed by atoms with Gasteiger partial charge in [-0.3, -0.25) is 4.79 Å². The zero-order valence-corrected chi connectivity index (χ0v) is 11.6. The predicted octanol–water partition coefficient (Wildman–Crippen LogP) is 0.936. The van der Waals surface area contributed by atoms with Gasteiger partial charge in [0.15, 0.2) is 0 Å². The number of aliphatic hydroxyl groups excluding tert-OH is 2. The minimum atomic E-state index is -0.199. The number of hydrogen-bond acceptors (Lipinski definition) is 3. The lowest BCUT2D eigenvalue weighted by Gasteiger charge is -2.23. The Morgan fingerprint density at radius 3 is 2.95 bits per heavy atom. The molecule has 1 aromatic carbocycles. The number of likely N-dealkylation sites (tertiary alicyclic amines) is 1. The van der Waals surface area contributed by atoms with Gasteiger partial charge in [0.2, 0.25) is 0 Å². The molecule has 0 bridgehead atoms. The molecule has 1 heterocycles. The normalized spacial score (nSPS) is 17.8. The Kier molecular flexibility index (Phi) is 4.78. The van der Waals surface area contributed by atoms with Crippen LogP contribution in [0.15, 0.2) is 18.2 Å². The van der Waals surface area contributed by atoms with E-state index in [-0.39, 0.29) is 25.2 Å². The lowest BCUT2D eigenvalue weighted by molar-refractivity contribution is 0.0677. The molecule has 1 aromatic rings. The topological polar surface area (TPSA) is 60.8 Å². The average Bonchev–Trinajstić information content (AvgIpc) is 2.94. The summed E-state index contributed by atoms with van der Waals surface area (Å²) in [5, 5.41) is 18.1. The Balaban J connectivity index is 2.29. The van der Waals surface area contributed by atoms with Crippen LogP contribution in [0.2, 0.25) is 0 Å². The molecule has 0 aromatic heterocycles. The van der Waals surface area contributed by atoms with Gasteiger partial charge in [-0.25, -0.2) is 0 Å². The molecule has 20 heavy (non-hydrogen) atoms. The number of carbonyl (C=O) groups is 1. The number of hydrogen-bond donors (Lipinski definition) is 2. The van der Waals surface area contributed by atoms with Crippen LogP contribution < -0.4 is 0 Å². The van der Waals surface area contributed by atoms with Crippen LogP contribution in [0.25, 0.3) is 0 Å². The highest BCUT2D eigenvalue weighted by Crippen LogP contribution is 2.21. The van der Waals surface area contributed by atoms with E-state index in [1.807, 2.05) is 19.1 Å². The fourth-order valence-electron chi connectivity index (χ4n) is 2.52. The van der Waals surface area contributed by atoms with E-state index in [4.69, 9.17) is 5.11 Å². The molecule has 2 rings (SSSR count). The zero-order chi connectivity index (χ0) is 14.5. The molecule has 1 aliphatic heterocycles. The van der Waals surface area contributed by atoms with Crippen molar-refractivity contribution in [2.24, 2.45) is 0 Å². The lowest BCUT2D eigenvalue weighted by atomic mass is 10.0. The van der Waals surface area contributed by atoms with Gasteiger partial charge in [-0.1, -0.05) is 17.9 Å². The first kappa shape index (κ1) is 14.6. The second-order valence-corrected chi connectivity index (χ2v) is 4.97. The minimum Gasteiger partial charge on any atom is -0.394 e. The second-order valence-electron chi connectivity index (χ2n) is 4.97. The van der Waals surface area contributed by atoms with Gasteiger partial charge < -0.3 is 15.1 Å². The number of benzene rings is 1. The first-order valence-corrected chi connectivity index (χ1v) is 6.79. The van der Waals surface area contributed by atoms with Crippen LogP contribution >= 0.6 is 0 Å². The van der Waals surface area contributed by atoms with Crippen LogP contribution in [-0.2, 0) is 0 Å². The van der Waals surface area contributed by atoms with Crippen molar-refractivity contribution in [2.45, 2.75) is 25.8 Å². The largest absolute Gasteiger partial charge is 0.394 e. The van der Waals surface area contributed by atoms with Crippen molar-refractivity contribution in [3.63, 3.8) is 0 Å². The second kappa shape index (κ2) is 6.56. The van der Waals surface area contributed by atoms with Crippen LogP contribution in [0, 0.1) is 18.8 Å². The smallest absolute Gasteiger partial charge is 0.254 e. The van der Waals surface area contributed by atoms with Crippen molar-refractivity contribution < 1.29 is 15.0 Å². The fraction of sp³-hybridized carbons (Fsp3) is 0.438. The van der Waals surface area contributed by atoms with Gasteiger partial charge in [-0.15, -0.1) is 0 Å². The van der Waals surface area contributed by atoms with Gasteiger partial charge in [-0.2, -0.15) is 0 Å². The third kappa shape index (κ3) is 3.01. The molecule has 1 aliphatic rings. The molecule has 4 heteroatoms. The summed E-state index contributed by atoms with van der Waals surface area (Å²) in [5.74, 6) is 5.34. The van der Waals surface area contributed by atoms with Crippen LogP contribution in [-0.4, -0.2) is 46.8 Å². The third-order valence-corrected chi connectivity index (χ3v) is 3.63. The van der Waals surface area contributed by atoms with E-state index in [0.29, 0.717) is 17.7 Å². The van der Waals surface area contributed by atoms with Gasteiger partial charge in [0.25, 0.3) is 5.91 Å². The van der Waals surface area contributed by atoms with Crippen molar-refractivity contribution in [2.75, 3.05) is 19.8 Å². The Labute approximate surface area is 119 Å². The molecule has 1 saturated heterocycles. The molecule has 2 N–H and O–H groups in total. The molecule has 1 atom stereocenters. The summed E-state index contributed by atoms with van der Waals surface area (Å²) >= 11 is 0. The first-order valence-electron chi connectivity index (χ1n) is 6.79. The molecular weight excluding hydrogens is 254 g/mol. The van der Waals surface area contributed by atoms with Gasteiger partial charge in [-0.05, 0) is 37.5 Å². The van der Waals surface area contributed by atoms with Gasteiger partial charge >= 0.3 is 0 Å². The Morgan fingerprint density at radius 2 is 2.25 bits per heavy atom. The highest BCUT2D eigenvalue weighted by atomic mass is 16.3. The molecule has 4 nitrogen and oxygen atoms in total. The molecule has 0 spiro atoms. The Morgan fingerprint density at radius 1 is 1.45 bits per heavy atom. The van der Waals surface area contributed by atoms with Gasteiger partial charge in [0.1, 0.15) is 6.61 Å². The van der Waals surface area contributed by atoms with Crippen LogP contribution in [0.4, 0.5) is 0 Å². The molecule has 0 saturated carbocycles. The number of amides is 1. The summed E-state index contributed by atoms with van der Waals surface area (Å²) in [6, 6.07) is 5.38. The van der Waals surface area contributed by atoms with Crippen molar-refractivity contribution in [1.82, 2.24) is 4.90 Å². The molecule has 1 amide bonds. The fourth-order valence-corrected chi connectivity index (χ4v) is 2.52. The zero-order valence-electron chi connectivity index (χ0n) is 11.6. The monoisotopic (exact) mass is 273 g/mol. The summed E-state index contributed by atoms with van der Waals surface area (Å²) in [4.78, 5) is 14.3. The van der Waals surface area contributed by atoms with Crippen LogP contribution in [0.5, 0.6) is 0 Å². The summed E-state index contributed by atoms with van der Waals surface area (Å²) in [5.41, 5.74) is 2.23. The van der Waals surface area contributed by atoms with E-state index in [1.54, 1.807) is 11.0 Å². The summed E-state index contributed by atoms with van der Waals surface area (Å²) in [6.07, 6.45) is 1.78. The predicted molar refractivity (Wildman–Crippen MR) is 76.3 cm³/mol. The first-order chi connectivity index (χ1) is 9.67. The highest BCUT2D eigenvalue weighted by molar-refractivity contribution is 5.96. The minimum absolute atomic E-state index is 0.00873. The molecule has 0 aliphatic carbocycles. The highest BCUT2D eigenvalue weighted by Gasteiger charge is 2.29. The van der Waals surface area contributed by atoms with Crippen LogP contribution in [0.3, 0.4) is 0 Å². The standard InChI is InChI=1S/C16H19NO3/c1-12-6-7-13(4-3-9-18)10-15(12)16(20)17-8-2-5-14(17)11-19/h6-7,10,14,18-19H,2,5,8-9,11H2,1H3. The van der Waals surface area contributed by atoms with E-state index < -0.39 is 0 Å². The SMILES string of the molecule is Cc1ccc(C#CCO)cc1C(=O)N1CCCC1CO. The van der Waals surface area contributed by atoms with E-state index in [9.17, 15) is 9.90 Å². The van der Waals surface area contributed by atoms with Crippen molar-refractivity contribution in [1.29, 1.82) is 0 Å². The molecular formula is C16H19NO3.